The highest BCUT2D eigenvalue weighted by molar-refractivity contribution is 6.11. The topological polar surface area (TPSA) is 75.4 Å². The lowest BCUT2D eigenvalue weighted by Crippen LogP contribution is -2.32. The van der Waals surface area contributed by atoms with Gasteiger partial charge in [-0.25, -0.2) is 4.98 Å². The van der Waals surface area contributed by atoms with Gasteiger partial charge in [-0.15, -0.1) is 10.2 Å². The second-order valence-electron chi connectivity index (χ2n) is 7.40. The molecule has 0 aliphatic carbocycles. The first-order valence-electron chi connectivity index (χ1n) is 10.2. The van der Waals surface area contributed by atoms with Crippen molar-refractivity contribution in [1.82, 2.24) is 24.5 Å². The largest absolute Gasteiger partial charge is 0.383 e. The molecule has 0 saturated heterocycles. The van der Waals surface area contributed by atoms with Crippen LogP contribution in [0.25, 0.3) is 16.7 Å². The van der Waals surface area contributed by atoms with E-state index in [0.29, 0.717) is 30.2 Å². The molecule has 3 aromatic rings. The molecule has 3 aromatic heterocycles. The quantitative estimate of drug-likeness (QED) is 0.642. The number of nitrogens with one attached hydrogen (secondary N) is 1. The maximum Gasteiger partial charge on any atom is 0.259 e. The molecule has 7 heteroatoms. The van der Waals surface area contributed by atoms with Crippen LogP contribution in [0.1, 0.15) is 57.2 Å². The number of aryl methyl sites for hydroxylation is 1. The fourth-order valence-corrected chi connectivity index (χ4v) is 3.46. The number of carbonyl (C=O) groups excluding carboxylic acids is 1. The van der Waals surface area contributed by atoms with Crippen LogP contribution in [0.2, 0.25) is 0 Å². The van der Waals surface area contributed by atoms with E-state index in [1.807, 2.05) is 35.3 Å². The third kappa shape index (κ3) is 3.53. The fourth-order valence-electron chi connectivity index (χ4n) is 3.46. The zero-order valence-electron chi connectivity index (χ0n) is 17.5. The minimum atomic E-state index is -0.0255. The Kier molecular flexibility index (Phi) is 6.11. The van der Waals surface area contributed by atoms with Crippen molar-refractivity contribution in [1.29, 1.82) is 0 Å². The molecule has 0 fully saturated rings. The first kappa shape index (κ1) is 20.0. The summed E-state index contributed by atoms with van der Waals surface area (Å²) < 4.78 is 1.95. The highest BCUT2D eigenvalue weighted by atomic mass is 16.2. The molecule has 0 bridgehead atoms. The van der Waals surface area contributed by atoms with Gasteiger partial charge in [0.1, 0.15) is 17.0 Å². The molecule has 3 rings (SSSR count). The van der Waals surface area contributed by atoms with Crippen LogP contribution in [-0.4, -0.2) is 50.0 Å². The smallest absolute Gasteiger partial charge is 0.259 e. The van der Waals surface area contributed by atoms with Crippen LogP contribution in [-0.2, 0) is 6.42 Å². The van der Waals surface area contributed by atoms with Crippen LogP contribution >= 0.6 is 0 Å². The number of nitrogens with zero attached hydrogens (tertiary/aromatic N) is 5. The zero-order valence-corrected chi connectivity index (χ0v) is 17.5. The average molecular weight is 383 g/mol. The second kappa shape index (κ2) is 8.54. The summed E-state index contributed by atoms with van der Waals surface area (Å²) in [5.74, 6) is 1.25. The van der Waals surface area contributed by atoms with E-state index in [1.165, 1.54) is 0 Å². The Morgan fingerprint density at radius 1 is 1.18 bits per heavy atom. The van der Waals surface area contributed by atoms with E-state index < -0.39 is 0 Å². The van der Waals surface area contributed by atoms with Crippen molar-refractivity contribution in [3.05, 3.63) is 29.7 Å². The number of aromatic nitrogens is 4. The molecule has 0 aliphatic heterocycles. The number of pyridine rings is 2. The standard InChI is InChI=1S/C21H30N6O/c1-6-10-16-24-25-20-17(21(28)26(7-2)8-3)18(23-13-14(4)5)15-11-9-12-22-19(15)27(16)20/h9,11-12,14,23H,6-8,10,13H2,1-5H3. The average Bonchev–Trinajstić information content (AvgIpc) is 3.10. The van der Waals surface area contributed by atoms with Crippen LogP contribution in [0.4, 0.5) is 5.69 Å². The molecule has 150 valence electrons. The molecular weight excluding hydrogens is 352 g/mol. The maximum atomic E-state index is 13.5. The molecule has 0 atom stereocenters. The summed E-state index contributed by atoms with van der Waals surface area (Å²) in [6, 6.07) is 3.92. The van der Waals surface area contributed by atoms with Gasteiger partial charge in [-0.1, -0.05) is 20.8 Å². The molecule has 28 heavy (non-hydrogen) atoms. The van der Waals surface area contributed by atoms with Gasteiger partial charge in [0.2, 0.25) is 0 Å². The summed E-state index contributed by atoms with van der Waals surface area (Å²) in [6.07, 6.45) is 3.50. The van der Waals surface area contributed by atoms with E-state index in [9.17, 15) is 4.79 Å². The van der Waals surface area contributed by atoms with Gasteiger partial charge in [-0.05, 0) is 38.3 Å². The number of fused-ring (bicyclic) bond motifs is 3. The molecule has 3 heterocycles. The van der Waals surface area contributed by atoms with Gasteiger partial charge in [0.25, 0.3) is 5.91 Å². The summed E-state index contributed by atoms with van der Waals surface area (Å²) in [5, 5.41) is 13.3. The minimum absolute atomic E-state index is 0.0255. The molecule has 7 nitrogen and oxygen atoms in total. The predicted molar refractivity (Wildman–Crippen MR) is 113 cm³/mol. The third-order valence-corrected chi connectivity index (χ3v) is 4.90. The van der Waals surface area contributed by atoms with Crippen LogP contribution in [0.3, 0.4) is 0 Å². The highest BCUT2D eigenvalue weighted by Crippen LogP contribution is 2.32. The van der Waals surface area contributed by atoms with E-state index >= 15 is 0 Å². The first-order valence-corrected chi connectivity index (χ1v) is 10.2. The Hall–Kier alpha value is -2.70. The van der Waals surface area contributed by atoms with E-state index in [-0.39, 0.29) is 5.91 Å². The van der Waals surface area contributed by atoms with Gasteiger partial charge in [-0.3, -0.25) is 9.20 Å². The third-order valence-electron chi connectivity index (χ3n) is 4.90. The second-order valence-corrected chi connectivity index (χ2v) is 7.40. The Labute approximate surface area is 166 Å². The fraction of sp³-hybridized carbons (Fsp3) is 0.524. The van der Waals surface area contributed by atoms with Gasteiger partial charge in [0.05, 0.1) is 5.69 Å². The summed E-state index contributed by atoms with van der Waals surface area (Å²) in [5.41, 5.74) is 2.75. The summed E-state index contributed by atoms with van der Waals surface area (Å²) in [6.45, 7) is 12.4. The van der Waals surface area contributed by atoms with Crippen LogP contribution in [0.15, 0.2) is 18.3 Å². The van der Waals surface area contributed by atoms with Crippen molar-refractivity contribution in [2.45, 2.75) is 47.5 Å². The van der Waals surface area contributed by atoms with E-state index in [2.05, 4.69) is 41.3 Å². The molecular formula is C21H30N6O. The van der Waals surface area contributed by atoms with Gasteiger partial charge in [-0.2, -0.15) is 0 Å². The van der Waals surface area contributed by atoms with Crippen molar-refractivity contribution in [3.63, 3.8) is 0 Å². The Morgan fingerprint density at radius 2 is 1.93 bits per heavy atom. The van der Waals surface area contributed by atoms with E-state index in [1.54, 1.807) is 6.20 Å². The molecule has 0 unspecified atom stereocenters. The van der Waals surface area contributed by atoms with E-state index in [4.69, 9.17) is 0 Å². The molecule has 0 aromatic carbocycles. The van der Waals surface area contributed by atoms with Crippen LogP contribution < -0.4 is 5.32 Å². The first-order chi connectivity index (χ1) is 13.5. The summed E-state index contributed by atoms with van der Waals surface area (Å²) >= 11 is 0. The number of amides is 1. The summed E-state index contributed by atoms with van der Waals surface area (Å²) in [7, 11) is 0. The minimum Gasteiger partial charge on any atom is -0.383 e. The lowest BCUT2D eigenvalue weighted by atomic mass is 10.1. The Morgan fingerprint density at radius 3 is 2.57 bits per heavy atom. The predicted octanol–water partition coefficient (Wildman–Crippen LogP) is 3.78. The van der Waals surface area contributed by atoms with Gasteiger partial charge in [0, 0.05) is 37.6 Å². The Balaban J connectivity index is 2.37. The Bertz CT molecular complexity index is 974. The highest BCUT2D eigenvalue weighted by Gasteiger charge is 2.26. The van der Waals surface area contributed by atoms with Crippen molar-refractivity contribution in [2.75, 3.05) is 25.0 Å². The van der Waals surface area contributed by atoms with Gasteiger partial charge in [0.15, 0.2) is 5.65 Å². The number of hydrogen-bond acceptors (Lipinski definition) is 5. The zero-order chi connectivity index (χ0) is 20.3. The summed E-state index contributed by atoms with van der Waals surface area (Å²) in [4.78, 5) is 19.9. The van der Waals surface area contributed by atoms with Crippen LogP contribution in [0.5, 0.6) is 0 Å². The van der Waals surface area contributed by atoms with Crippen LogP contribution in [0, 0.1) is 5.92 Å². The molecule has 0 aliphatic rings. The number of rotatable bonds is 8. The molecule has 1 amide bonds. The lowest BCUT2D eigenvalue weighted by molar-refractivity contribution is 0.0775. The van der Waals surface area contributed by atoms with E-state index in [0.717, 1.165) is 41.9 Å². The number of anilines is 1. The molecule has 0 saturated carbocycles. The monoisotopic (exact) mass is 382 g/mol. The van der Waals surface area contributed by atoms with Crippen molar-refractivity contribution < 1.29 is 4.79 Å². The molecule has 0 radical (unpaired) electrons. The van der Waals surface area contributed by atoms with Gasteiger partial charge >= 0.3 is 0 Å². The van der Waals surface area contributed by atoms with Crippen molar-refractivity contribution >= 4 is 28.3 Å². The normalized spacial score (nSPS) is 11.5. The number of hydrogen-bond donors (Lipinski definition) is 1. The van der Waals surface area contributed by atoms with Crippen molar-refractivity contribution in [3.8, 4) is 0 Å². The number of carbonyl (C=O) groups is 1. The molecule has 0 spiro atoms. The van der Waals surface area contributed by atoms with Gasteiger partial charge < -0.3 is 10.2 Å². The lowest BCUT2D eigenvalue weighted by Gasteiger charge is -2.23. The SMILES string of the molecule is CCCc1nnc2c(C(=O)N(CC)CC)c(NCC(C)C)c3cccnc3n12. The van der Waals surface area contributed by atoms with Crippen molar-refractivity contribution in [2.24, 2.45) is 5.92 Å². The maximum absolute atomic E-state index is 13.5. The molecule has 1 N–H and O–H groups in total.